The highest BCUT2D eigenvalue weighted by molar-refractivity contribution is 7.80. The van der Waals surface area contributed by atoms with Crippen LogP contribution in [0.1, 0.15) is 35.3 Å². The second-order valence-electron chi connectivity index (χ2n) is 3.47. The number of carbonyl (C=O) groups excluding carboxylic acids is 1. The molecule has 0 saturated carbocycles. The van der Waals surface area contributed by atoms with Crippen LogP contribution in [-0.4, -0.2) is 21.9 Å². The molecule has 0 aliphatic rings. The Morgan fingerprint density at radius 1 is 1.75 bits per heavy atom. The maximum Gasteiger partial charge on any atom is 0.271 e. The molecule has 4 nitrogen and oxygen atoms in total. The number of hydrogen-bond donors (Lipinski definition) is 2. The molecular weight excluding hydrogens is 242 g/mol. The normalized spacial score (nSPS) is 12.1. The molecule has 1 amide bonds. The lowest BCUT2D eigenvalue weighted by Crippen LogP contribution is -2.43. The molecule has 0 radical (unpaired) electrons. The van der Waals surface area contributed by atoms with Crippen molar-refractivity contribution in [1.82, 2.24) is 10.3 Å². The predicted octanol–water partition coefficient (Wildman–Crippen LogP) is 1.64. The van der Waals surface area contributed by atoms with E-state index >= 15 is 0 Å². The van der Waals surface area contributed by atoms with Crippen molar-refractivity contribution in [3.8, 4) is 0 Å². The highest BCUT2D eigenvalue weighted by atomic mass is 32.1. The number of aryl methyl sites for hydroxylation is 1. The zero-order valence-electron chi connectivity index (χ0n) is 9.32. The summed E-state index contributed by atoms with van der Waals surface area (Å²) in [6.45, 7) is 3.88. The first-order valence-electron chi connectivity index (χ1n) is 5.07. The summed E-state index contributed by atoms with van der Waals surface area (Å²) >= 11 is 6.35. The fourth-order valence-electron chi connectivity index (χ4n) is 1.27. The molecule has 0 aromatic carbocycles. The van der Waals surface area contributed by atoms with Gasteiger partial charge in [-0.15, -0.1) is 11.3 Å². The van der Waals surface area contributed by atoms with E-state index in [0.29, 0.717) is 10.7 Å². The number of hydrogen-bond acceptors (Lipinski definition) is 4. The number of nitrogens with two attached hydrogens (primary N) is 1. The third kappa shape index (κ3) is 3.53. The minimum atomic E-state index is -0.241. The molecule has 0 aliphatic heterocycles. The summed E-state index contributed by atoms with van der Waals surface area (Å²) in [6, 6.07) is -0.241. The highest BCUT2D eigenvalue weighted by Crippen LogP contribution is 2.08. The summed E-state index contributed by atoms with van der Waals surface area (Å²) in [5.74, 6) is -0.212. The Morgan fingerprint density at radius 3 is 2.88 bits per heavy atom. The van der Waals surface area contributed by atoms with Crippen LogP contribution in [0.15, 0.2) is 5.38 Å². The number of rotatable bonds is 5. The fourth-order valence-corrected chi connectivity index (χ4v) is 2.04. The standard InChI is InChI=1S/C10H15N3OS2/c1-3-4-7(9(11)15)13-10(14)8-5-16-6(2)12-8/h5,7H,3-4H2,1-2H3,(H2,11,15)(H,13,14). The van der Waals surface area contributed by atoms with Crippen LogP contribution in [0.5, 0.6) is 0 Å². The molecule has 1 heterocycles. The number of thiazole rings is 1. The molecule has 1 aromatic rings. The number of aromatic nitrogens is 1. The van der Waals surface area contributed by atoms with E-state index in [2.05, 4.69) is 10.3 Å². The van der Waals surface area contributed by atoms with Crippen LogP contribution in [-0.2, 0) is 0 Å². The first kappa shape index (κ1) is 13.1. The minimum Gasteiger partial charge on any atom is -0.392 e. The van der Waals surface area contributed by atoms with Gasteiger partial charge in [-0.2, -0.15) is 0 Å². The van der Waals surface area contributed by atoms with E-state index in [4.69, 9.17) is 18.0 Å². The first-order valence-corrected chi connectivity index (χ1v) is 6.35. The van der Waals surface area contributed by atoms with E-state index in [-0.39, 0.29) is 11.9 Å². The monoisotopic (exact) mass is 257 g/mol. The summed E-state index contributed by atoms with van der Waals surface area (Å²) < 4.78 is 0. The maximum absolute atomic E-state index is 11.8. The lowest BCUT2D eigenvalue weighted by Gasteiger charge is -2.15. The molecule has 0 spiro atoms. The molecule has 0 bridgehead atoms. The van der Waals surface area contributed by atoms with Gasteiger partial charge in [0.2, 0.25) is 0 Å². The van der Waals surface area contributed by atoms with Gasteiger partial charge in [0.05, 0.1) is 16.0 Å². The predicted molar refractivity (Wildman–Crippen MR) is 69.8 cm³/mol. The smallest absolute Gasteiger partial charge is 0.271 e. The average Bonchev–Trinajstić information content (AvgIpc) is 2.64. The van der Waals surface area contributed by atoms with Gasteiger partial charge < -0.3 is 11.1 Å². The molecule has 88 valence electrons. The largest absolute Gasteiger partial charge is 0.392 e. The zero-order valence-corrected chi connectivity index (χ0v) is 11.0. The van der Waals surface area contributed by atoms with Crippen LogP contribution in [0.3, 0.4) is 0 Å². The number of nitrogens with zero attached hydrogens (tertiary/aromatic N) is 1. The summed E-state index contributed by atoms with van der Waals surface area (Å²) in [5, 5.41) is 5.38. The molecule has 0 fully saturated rings. The molecule has 1 rings (SSSR count). The van der Waals surface area contributed by atoms with Gasteiger partial charge in [0.25, 0.3) is 5.91 Å². The topological polar surface area (TPSA) is 68.0 Å². The molecule has 6 heteroatoms. The van der Waals surface area contributed by atoms with Gasteiger partial charge in [0.1, 0.15) is 5.69 Å². The number of amides is 1. The third-order valence-corrected chi connectivity index (χ3v) is 3.14. The van der Waals surface area contributed by atoms with Gasteiger partial charge in [-0.1, -0.05) is 25.6 Å². The Morgan fingerprint density at radius 2 is 2.44 bits per heavy atom. The summed E-state index contributed by atoms with van der Waals surface area (Å²) in [5.41, 5.74) is 5.98. The summed E-state index contributed by atoms with van der Waals surface area (Å²) in [4.78, 5) is 16.2. The van der Waals surface area contributed by atoms with E-state index in [0.717, 1.165) is 17.8 Å². The van der Waals surface area contributed by atoms with E-state index in [9.17, 15) is 4.79 Å². The van der Waals surface area contributed by atoms with Crippen molar-refractivity contribution in [2.45, 2.75) is 32.7 Å². The molecule has 0 aliphatic carbocycles. The average molecular weight is 257 g/mol. The zero-order chi connectivity index (χ0) is 12.1. The summed E-state index contributed by atoms with van der Waals surface area (Å²) in [6.07, 6.45) is 1.67. The van der Waals surface area contributed by atoms with E-state index < -0.39 is 0 Å². The SMILES string of the molecule is CCCC(NC(=O)c1csc(C)n1)C(N)=S. The Kier molecular flexibility index (Phi) is 4.82. The number of thiocarbonyl (C=S) groups is 1. The Hall–Kier alpha value is -1.01. The van der Waals surface area contributed by atoms with Gasteiger partial charge in [0.15, 0.2) is 0 Å². The highest BCUT2D eigenvalue weighted by Gasteiger charge is 2.16. The van der Waals surface area contributed by atoms with Crippen LogP contribution >= 0.6 is 23.6 Å². The molecule has 3 N–H and O–H groups in total. The van der Waals surface area contributed by atoms with E-state index in [1.807, 2.05) is 13.8 Å². The van der Waals surface area contributed by atoms with Crippen LogP contribution in [0.4, 0.5) is 0 Å². The quantitative estimate of drug-likeness (QED) is 0.787. The first-order chi connectivity index (χ1) is 7.54. The molecule has 1 unspecified atom stereocenters. The molecule has 1 aromatic heterocycles. The number of carbonyl (C=O) groups is 1. The minimum absolute atomic E-state index is 0.212. The van der Waals surface area contributed by atoms with Gasteiger partial charge >= 0.3 is 0 Å². The Labute approximate surface area is 104 Å². The fraction of sp³-hybridized carbons (Fsp3) is 0.500. The van der Waals surface area contributed by atoms with Crippen molar-refractivity contribution in [3.05, 3.63) is 16.1 Å². The number of nitrogens with one attached hydrogen (secondary N) is 1. The second kappa shape index (κ2) is 5.91. The van der Waals surface area contributed by atoms with Crippen LogP contribution in [0.2, 0.25) is 0 Å². The van der Waals surface area contributed by atoms with Crippen LogP contribution in [0.25, 0.3) is 0 Å². The van der Waals surface area contributed by atoms with E-state index in [1.165, 1.54) is 11.3 Å². The van der Waals surface area contributed by atoms with E-state index in [1.54, 1.807) is 5.38 Å². The maximum atomic E-state index is 11.8. The van der Waals surface area contributed by atoms with Crippen molar-refractivity contribution >= 4 is 34.5 Å². The van der Waals surface area contributed by atoms with Crippen molar-refractivity contribution < 1.29 is 4.79 Å². The summed E-state index contributed by atoms with van der Waals surface area (Å²) in [7, 11) is 0. The molecule has 0 saturated heterocycles. The van der Waals surface area contributed by atoms with Crippen molar-refractivity contribution in [2.24, 2.45) is 5.73 Å². The second-order valence-corrected chi connectivity index (χ2v) is 5.00. The van der Waals surface area contributed by atoms with Gasteiger partial charge in [-0.3, -0.25) is 4.79 Å². The van der Waals surface area contributed by atoms with Crippen LogP contribution in [0, 0.1) is 6.92 Å². The Balaban J connectivity index is 2.65. The van der Waals surface area contributed by atoms with Gasteiger partial charge in [0, 0.05) is 5.38 Å². The van der Waals surface area contributed by atoms with Crippen molar-refractivity contribution in [2.75, 3.05) is 0 Å². The van der Waals surface area contributed by atoms with Crippen molar-refractivity contribution in [1.29, 1.82) is 0 Å². The Bertz CT molecular complexity index is 389. The van der Waals surface area contributed by atoms with Gasteiger partial charge in [-0.05, 0) is 13.3 Å². The van der Waals surface area contributed by atoms with Gasteiger partial charge in [-0.25, -0.2) is 4.98 Å². The lowest BCUT2D eigenvalue weighted by molar-refractivity contribution is 0.0941. The van der Waals surface area contributed by atoms with Crippen molar-refractivity contribution in [3.63, 3.8) is 0 Å². The molecular formula is C10H15N3OS2. The molecule has 16 heavy (non-hydrogen) atoms. The third-order valence-electron chi connectivity index (χ3n) is 2.08. The molecule has 1 atom stereocenters. The van der Waals surface area contributed by atoms with Crippen LogP contribution < -0.4 is 11.1 Å². The lowest BCUT2D eigenvalue weighted by atomic mass is 10.1.